The third-order valence-electron chi connectivity index (χ3n) is 4.56. The Balaban J connectivity index is 1.79. The van der Waals surface area contributed by atoms with E-state index in [4.69, 9.17) is 5.11 Å². The van der Waals surface area contributed by atoms with Gasteiger partial charge in [0.2, 0.25) is 0 Å². The second-order valence-corrected chi connectivity index (χ2v) is 6.17. The number of aromatic amines is 1. The molecule has 1 atom stereocenters. The van der Waals surface area contributed by atoms with Gasteiger partial charge in [0.1, 0.15) is 12.0 Å². The van der Waals surface area contributed by atoms with Crippen molar-refractivity contribution in [1.82, 2.24) is 20.3 Å². The second-order valence-electron chi connectivity index (χ2n) is 6.17. The van der Waals surface area contributed by atoms with Crippen LogP contribution in [0.5, 0.6) is 0 Å². The first-order valence-electron chi connectivity index (χ1n) is 8.29. The summed E-state index contributed by atoms with van der Waals surface area (Å²) < 4.78 is 0. The predicted octanol–water partition coefficient (Wildman–Crippen LogP) is 3.83. The van der Waals surface area contributed by atoms with Crippen molar-refractivity contribution >= 4 is 22.7 Å². The van der Waals surface area contributed by atoms with Crippen LogP contribution in [0.25, 0.3) is 27.7 Å². The zero-order valence-electron chi connectivity index (χ0n) is 13.6. The normalized spacial score (nSPS) is 17.3. The molecule has 3 N–H and O–H groups in total. The zero-order valence-corrected chi connectivity index (χ0v) is 13.6. The van der Waals surface area contributed by atoms with Crippen LogP contribution in [0, 0.1) is 0 Å². The number of carboxylic acid groups (broad SMARTS) is 1. The highest BCUT2D eigenvalue weighted by atomic mass is 16.4. The lowest BCUT2D eigenvalue weighted by Gasteiger charge is -2.22. The molecule has 2 aromatic heterocycles. The van der Waals surface area contributed by atoms with Crippen LogP contribution in [-0.2, 0) is 0 Å². The first kappa shape index (κ1) is 15.4. The molecule has 0 spiro atoms. The van der Waals surface area contributed by atoms with E-state index in [0.29, 0.717) is 6.42 Å². The van der Waals surface area contributed by atoms with Gasteiger partial charge in [-0.1, -0.05) is 36.4 Å². The number of allylic oxidation sites excluding steroid dienone is 1. The van der Waals surface area contributed by atoms with E-state index in [1.54, 1.807) is 6.33 Å². The van der Waals surface area contributed by atoms with Crippen LogP contribution in [0.15, 0.2) is 48.9 Å². The summed E-state index contributed by atoms with van der Waals surface area (Å²) in [4.78, 5) is 23.1. The van der Waals surface area contributed by atoms with Crippen molar-refractivity contribution in [3.63, 3.8) is 0 Å². The molecule has 6 heteroatoms. The van der Waals surface area contributed by atoms with Gasteiger partial charge < -0.3 is 15.4 Å². The fourth-order valence-electron chi connectivity index (χ4n) is 3.45. The Labute approximate surface area is 144 Å². The summed E-state index contributed by atoms with van der Waals surface area (Å²) >= 11 is 0. The Bertz CT molecular complexity index is 946. The predicted molar refractivity (Wildman–Crippen MR) is 96.1 cm³/mol. The number of fused-ring (bicyclic) bond motifs is 1. The van der Waals surface area contributed by atoms with Gasteiger partial charge in [0, 0.05) is 17.8 Å². The molecule has 0 fully saturated rings. The highest BCUT2D eigenvalue weighted by Gasteiger charge is 2.22. The smallest absolute Gasteiger partial charge is 0.404 e. The van der Waals surface area contributed by atoms with Crippen molar-refractivity contribution < 1.29 is 9.90 Å². The molecule has 1 aliphatic carbocycles. The molecular formula is C19H18N4O2. The number of amides is 1. The molecule has 3 aromatic rings. The van der Waals surface area contributed by atoms with Gasteiger partial charge in [0.05, 0.1) is 11.1 Å². The molecule has 0 bridgehead atoms. The van der Waals surface area contributed by atoms with Gasteiger partial charge in [-0.15, -0.1) is 0 Å². The summed E-state index contributed by atoms with van der Waals surface area (Å²) in [5, 5.41) is 12.6. The maximum atomic E-state index is 11.0. The lowest BCUT2D eigenvalue weighted by Crippen LogP contribution is -2.34. The Morgan fingerprint density at radius 1 is 1.24 bits per heavy atom. The number of benzene rings is 1. The molecule has 6 nitrogen and oxygen atoms in total. The first-order valence-corrected chi connectivity index (χ1v) is 8.29. The van der Waals surface area contributed by atoms with Gasteiger partial charge in [-0.2, -0.15) is 0 Å². The molecule has 25 heavy (non-hydrogen) atoms. The molecule has 0 saturated carbocycles. The number of rotatable bonds is 3. The number of H-pyrrole nitrogens is 1. The molecule has 0 aliphatic heterocycles. The fraction of sp³-hybridized carbons (Fsp3) is 0.211. The number of carbonyl (C=O) groups is 1. The second kappa shape index (κ2) is 6.39. The minimum Gasteiger partial charge on any atom is -0.465 e. The topological polar surface area (TPSA) is 90.9 Å². The summed E-state index contributed by atoms with van der Waals surface area (Å²) in [5.41, 5.74) is 4.89. The van der Waals surface area contributed by atoms with Crippen LogP contribution < -0.4 is 5.32 Å². The zero-order chi connectivity index (χ0) is 17.2. The first-order chi connectivity index (χ1) is 12.2. The Morgan fingerprint density at radius 3 is 2.88 bits per heavy atom. The molecule has 1 aromatic carbocycles. The molecule has 1 aliphatic rings. The van der Waals surface area contributed by atoms with E-state index in [9.17, 15) is 4.79 Å². The average Bonchev–Trinajstić information content (AvgIpc) is 3.06. The standard InChI is InChI=1S/C19H18N4O2/c24-19(25)23-14-8-4-7-13(9-14)17-16-15(12-5-2-1-3-6-12)10-20-18(16)22-11-21-17/h1-3,5-7,10-11,14,23H,4,8-9H2,(H,24,25)(H,20,21,22). The van der Waals surface area contributed by atoms with Crippen molar-refractivity contribution in [3.8, 4) is 11.1 Å². The number of hydrogen-bond donors (Lipinski definition) is 3. The molecule has 4 rings (SSSR count). The molecule has 0 saturated heterocycles. The monoisotopic (exact) mass is 334 g/mol. The molecule has 1 unspecified atom stereocenters. The van der Waals surface area contributed by atoms with Crippen molar-refractivity contribution in [2.24, 2.45) is 0 Å². The number of nitrogens with one attached hydrogen (secondary N) is 2. The number of nitrogens with zero attached hydrogens (tertiary/aromatic N) is 2. The van der Waals surface area contributed by atoms with Crippen LogP contribution in [0.4, 0.5) is 4.79 Å². The summed E-state index contributed by atoms with van der Waals surface area (Å²) in [6, 6.07) is 10.0. The Kier molecular flexibility index (Phi) is 3.93. The highest BCUT2D eigenvalue weighted by Crippen LogP contribution is 2.35. The van der Waals surface area contributed by atoms with E-state index in [-0.39, 0.29) is 6.04 Å². The third-order valence-corrected chi connectivity index (χ3v) is 4.56. The molecule has 0 radical (unpaired) electrons. The summed E-state index contributed by atoms with van der Waals surface area (Å²) in [6.45, 7) is 0. The van der Waals surface area contributed by atoms with E-state index in [1.807, 2.05) is 24.4 Å². The van der Waals surface area contributed by atoms with Crippen molar-refractivity contribution in [2.45, 2.75) is 25.3 Å². The van der Waals surface area contributed by atoms with E-state index < -0.39 is 6.09 Å². The van der Waals surface area contributed by atoms with Gasteiger partial charge in [0.25, 0.3) is 0 Å². The van der Waals surface area contributed by atoms with Crippen LogP contribution in [0.2, 0.25) is 0 Å². The third kappa shape index (κ3) is 2.98. The average molecular weight is 334 g/mol. The van der Waals surface area contributed by atoms with Crippen molar-refractivity contribution in [3.05, 3.63) is 54.6 Å². The summed E-state index contributed by atoms with van der Waals surface area (Å²) in [7, 11) is 0. The van der Waals surface area contributed by atoms with Crippen molar-refractivity contribution in [2.75, 3.05) is 0 Å². The maximum absolute atomic E-state index is 11.0. The van der Waals surface area contributed by atoms with E-state index in [1.165, 1.54) is 0 Å². The van der Waals surface area contributed by atoms with Crippen LogP contribution in [0.1, 0.15) is 25.0 Å². The van der Waals surface area contributed by atoms with Gasteiger partial charge in [-0.3, -0.25) is 0 Å². The van der Waals surface area contributed by atoms with E-state index in [0.717, 1.165) is 46.3 Å². The van der Waals surface area contributed by atoms with Gasteiger partial charge in [-0.25, -0.2) is 14.8 Å². The molecule has 126 valence electrons. The van der Waals surface area contributed by atoms with Crippen LogP contribution in [-0.4, -0.2) is 32.2 Å². The van der Waals surface area contributed by atoms with Crippen LogP contribution in [0.3, 0.4) is 0 Å². The molecule has 2 heterocycles. The Morgan fingerprint density at radius 2 is 2.08 bits per heavy atom. The highest BCUT2D eigenvalue weighted by molar-refractivity contribution is 6.00. The lowest BCUT2D eigenvalue weighted by atomic mass is 9.90. The van der Waals surface area contributed by atoms with E-state index in [2.05, 4.69) is 38.5 Å². The van der Waals surface area contributed by atoms with Gasteiger partial charge >= 0.3 is 6.09 Å². The van der Waals surface area contributed by atoms with Crippen molar-refractivity contribution in [1.29, 1.82) is 0 Å². The fourth-order valence-corrected chi connectivity index (χ4v) is 3.45. The van der Waals surface area contributed by atoms with E-state index >= 15 is 0 Å². The number of hydrogen-bond acceptors (Lipinski definition) is 3. The number of aromatic nitrogens is 3. The lowest BCUT2D eigenvalue weighted by molar-refractivity contribution is 0.189. The molecular weight excluding hydrogens is 316 g/mol. The molecule has 1 amide bonds. The SMILES string of the molecule is O=C(O)NC1CCC=C(c2ncnc3[nH]cc(-c4ccccc4)c23)C1. The summed E-state index contributed by atoms with van der Waals surface area (Å²) in [5.74, 6) is 0. The minimum atomic E-state index is -0.981. The van der Waals surface area contributed by atoms with Gasteiger partial charge in [-0.05, 0) is 30.4 Å². The Hall–Kier alpha value is -3.15. The van der Waals surface area contributed by atoms with Crippen LogP contribution >= 0.6 is 0 Å². The minimum absolute atomic E-state index is 0.0818. The van der Waals surface area contributed by atoms with Gasteiger partial charge in [0.15, 0.2) is 0 Å². The maximum Gasteiger partial charge on any atom is 0.404 e. The summed E-state index contributed by atoms with van der Waals surface area (Å²) in [6.07, 6.45) is 6.96. The quantitative estimate of drug-likeness (QED) is 0.679. The largest absolute Gasteiger partial charge is 0.465 e.